The maximum absolute atomic E-state index is 13.1. The summed E-state index contributed by atoms with van der Waals surface area (Å²) in [7, 11) is 0. The summed E-state index contributed by atoms with van der Waals surface area (Å²) in [5.74, 6) is 0. The van der Waals surface area contributed by atoms with Gasteiger partial charge in [0.05, 0.1) is 10.0 Å². The second-order valence-corrected chi connectivity index (χ2v) is 9.24. The highest BCUT2D eigenvalue weighted by Crippen LogP contribution is 2.26. The molecule has 12 heteroatoms. The predicted octanol–water partition coefficient (Wildman–Crippen LogP) is 3.43. The van der Waals surface area contributed by atoms with Crippen molar-refractivity contribution in [2.45, 2.75) is 52.2 Å². The van der Waals surface area contributed by atoms with E-state index in [-0.39, 0.29) is 27.9 Å². The van der Waals surface area contributed by atoms with Crippen LogP contribution in [0.3, 0.4) is 0 Å². The summed E-state index contributed by atoms with van der Waals surface area (Å²) in [6, 6.07) is 4.01. The van der Waals surface area contributed by atoms with E-state index in [4.69, 9.17) is 27.9 Å². The van der Waals surface area contributed by atoms with Gasteiger partial charge < -0.3 is 14.5 Å². The highest BCUT2D eigenvalue weighted by atomic mass is 35.5. The first kappa shape index (κ1) is 24.1. The van der Waals surface area contributed by atoms with Gasteiger partial charge >= 0.3 is 17.8 Å². The first-order valence-electron chi connectivity index (χ1n) is 10.3. The van der Waals surface area contributed by atoms with E-state index in [1.165, 1.54) is 0 Å². The van der Waals surface area contributed by atoms with E-state index in [2.05, 4.69) is 10.4 Å². The third-order valence-electron chi connectivity index (χ3n) is 5.06. The predicted molar refractivity (Wildman–Crippen MR) is 120 cm³/mol. The van der Waals surface area contributed by atoms with Crippen molar-refractivity contribution in [1.82, 2.24) is 29.6 Å². The Morgan fingerprint density at radius 2 is 1.75 bits per heavy atom. The lowest BCUT2D eigenvalue weighted by atomic mass is 10.0. The highest BCUT2D eigenvalue weighted by Gasteiger charge is 2.33. The summed E-state index contributed by atoms with van der Waals surface area (Å²) < 4.78 is 7.02. The van der Waals surface area contributed by atoms with Crippen LogP contribution < -0.4 is 5.69 Å². The van der Waals surface area contributed by atoms with Crippen molar-refractivity contribution in [1.29, 1.82) is 0 Å². The highest BCUT2D eigenvalue weighted by molar-refractivity contribution is 6.37. The molecular formula is C20H26Cl2N6O4. The first-order valence-corrected chi connectivity index (χ1v) is 11.1. The molecule has 0 radical (unpaired) electrons. The van der Waals surface area contributed by atoms with Crippen molar-refractivity contribution >= 4 is 35.3 Å². The lowest BCUT2D eigenvalue weighted by molar-refractivity contribution is 0.0165. The van der Waals surface area contributed by atoms with Crippen LogP contribution in [0.4, 0.5) is 9.59 Å². The zero-order valence-corrected chi connectivity index (χ0v) is 19.9. The monoisotopic (exact) mass is 484 g/mol. The molecule has 1 saturated heterocycles. The smallest absolute Gasteiger partial charge is 0.410 e. The van der Waals surface area contributed by atoms with Crippen LogP contribution in [0.15, 0.2) is 23.0 Å². The molecule has 2 heterocycles. The van der Waals surface area contributed by atoms with Gasteiger partial charge in [-0.15, -0.1) is 4.68 Å². The van der Waals surface area contributed by atoms with Crippen LogP contribution >= 0.6 is 23.2 Å². The molecule has 3 rings (SSSR count). The number of carbonyl (C=O) groups is 2. The van der Waals surface area contributed by atoms with Crippen LogP contribution in [0.2, 0.25) is 10.0 Å². The number of ether oxygens (including phenoxy) is 1. The SMILES string of the molecule is CCN(C(=O)n1nnn(-c2c(Cl)cccc2Cl)c1=O)C1CCN(C(=O)OC(C)(C)C)CC1. The van der Waals surface area contributed by atoms with Crippen molar-refractivity contribution in [3.63, 3.8) is 0 Å². The topological polar surface area (TPSA) is 103 Å². The molecule has 0 N–H and O–H groups in total. The third-order valence-corrected chi connectivity index (χ3v) is 5.67. The zero-order chi connectivity index (χ0) is 23.6. The van der Waals surface area contributed by atoms with Crippen LogP contribution in [0.5, 0.6) is 0 Å². The van der Waals surface area contributed by atoms with Gasteiger partial charge in [-0.3, -0.25) is 0 Å². The standard InChI is InChI=1S/C20H26Cl2N6O4/c1-5-26(13-9-11-25(12-10-13)19(31)32-20(2,3)4)17(29)28-18(30)27(23-24-28)16-14(21)7-6-8-15(16)22/h6-8,13H,5,9-12H2,1-4H3. The van der Waals surface area contributed by atoms with Crippen LogP contribution in [0.25, 0.3) is 5.69 Å². The van der Waals surface area contributed by atoms with E-state index in [0.29, 0.717) is 37.2 Å². The van der Waals surface area contributed by atoms with Crippen molar-refractivity contribution in [2.24, 2.45) is 0 Å². The van der Waals surface area contributed by atoms with Crippen LogP contribution in [-0.4, -0.2) is 73.0 Å². The Bertz CT molecular complexity index is 1030. The Morgan fingerprint density at radius 3 is 2.28 bits per heavy atom. The third kappa shape index (κ3) is 5.07. The Morgan fingerprint density at radius 1 is 1.16 bits per heavy atom. The van der Waals surface area contributed by atoms with Crippen LogP contribution in [-0.2, 0) is 4.74 Å². The molecule has 0 atom stereocenters. The van der Waals surface area contributed by atoms with Crippen molar-refractivity contribution in [3.05, 3.63) is 38.7 Å². The average molecular weight is 485 g/mol. The average Bonchev–Trinajstić information content (AvgIpc) is 3.08. The van der Waals surface area contributed by atoms with Gasteiger partial charge in [-0.2, -0.15) is 4.68 Å². The summed E-state index contributed by atoms with van der Waals surface area (Å²) in [6.45, 7) is 8.52. The summed E-state index contributed by atoms with van der Waals surface area (Å²) in [5.41, 5.74) is -1.18. The van der Waals surface area contributed by atoms with E-state index in [9.17, 15) is 14.4 Å². The van der Waals surface area contributed by atoms with E-state index < -0.39 is 17.3 Å². The summed E-state index contributed by atoms with van der Waals surface area (Å²) in [4.78, 5) is 41.4. The molecule has 2 amide bonds. The Kier molecular flexibility index (Phi) is 7.14. The van der Waals surface area contributed by atoms with E-state index in [1.807, 2.05) is 27.7 Å². The normalized spacial score (nSPS) is 15.0. The van der Waals surface area contributed by atoms with Gasteiger partial charge in [0.1, 0.15) is 11.3 Å². The van der Waals surface area contributed by atoms with E-state index >= 15 is 0 Å². The molecule has 1 fully saturated rings. The fourth-order valence-corrected chi connectivity index (χ4v) is 4.11. The van der Waals surface area contributed by atoms with Crippen molar-refractivity contribution in [3.8, 4) is 5.69 Å². The zero-order valence-electron chi connectivity index (χ0n) is 18.4. The second-order valence-electron chi connectivity index (χ2n) is 8.42. The lowest BCUT2D eigenvalue weighted by Crippen LogP contribution is -2.52. The molecule has 0 unspecified atom stereocenters. The largest absolute Gasteiger partial charge is 0.444 e. The van der Waals surface area contributed by atoms with Gasteiger partial charge in [0.25, 0.3) is 0 Å². The minimum Gasteiger partial charge on any atom is -0.444 e. The van der Waals surface area contributed by atoms with Crippen molar-refractivity contribution < 1.29 is 14.3 Å². The van der Waals surface area contributed by atoms with Crippen molar-refractivity contribution in [2.75, 3.05) is 19.6 Å². The fourth-order valence-electron chi connectivity index (χ4n) is 3.56. The number of rotatable bonds is 3. The number of carbonyl (C=O) groups excluding carboxylic acids is 2. The molecule has 1 aliphatic rings. The first-order chi connectivity index (χ1) is 15.0. The molecule has 1 aromatic heterocycles. The number of para-hydroxylation sites is 1. The summed E-state index contributed by atoms with van der Waals surface area (Å²) in [6.07, 6.45) is 0.733. The number of halogens is 2. The van der Waals surface area contributed by atoms with Gasteiger partial charge in [0, 0.05) is 25.7 Å². The van der Waals surface area contributed by atoms with Gasteiger partial charge in [-0.1, -0.05) is 29.3 Å². The molecular weight excluding hydrogens is 459 g/mol. The van der Waals surface area contributed by atoms with E-state index in [1.54, 1.807) is 28.0 Å². The minimum atomic E-state index is -0.769. The number of hydrogen-bond donors (Lipinski definition) is 0. The number of nitrogens with zero attached hydrogens (tertiary/aromatic N) is 6. The Balaban J connectivity index is 1.75. The number of piperidine rings is 1. The molecule has 32 heavy (non-hydrogen) atoms. The molecule has 174 valence electrons. The van der Waals surface area contributed by atoms with Gasteiger partial charge in [0.15, 0.2) is 0 Å². The fraction of sp³-hybridized carbons (Fsp3) is 0.550. The van der Waals surface area contributed by atoms with Gasteiger partial charge in [0.2, 0.25) is 0 Å². The van der Waals surface area contributed by atoms with Gasteiger partial charge in [-0.05, 0) is 63.1 Å². The molecule has 0 spiro atoms. The van der Waals surface area contributed by atoms with Crippen LogP contribution in [0, 0.1) is 0 Å². The number of hydrogen-bond acceptors (Lipinski definition) is 6. The second kappa shape index (κ2) is 9.50. The minimum absolute atomic E-state index is 0.160. The molecule has 0 bridgehead atoms. The number of benzene rings is 1. The molecule has 1 aromatic carbocycles. The number of amides is 2. The van der Waals surface area contributed by atoms with Gasteiger partial charge in [-0.25, -0.2) is 14.4 Å². The van der Waals surface area contributed by atoms with Crippen LogP contribution in [0.1, 0.15) is 40.5 Å². The maximum Gasteiger partial charge on any atom is 0.410 e. The molecule has 10 nitrogen and oxygen atoms in total. The van der Waals surface area contributed by atoms with E-state index in [0.717, 1.165) is 4.68 Å². The Labute approximate surface area is 195 Å². The number of tetrazole rings is 1. The quantitative estimate of drug-likeness (QED) is 0.618. The lowest BCUT2D eigenvalue weighted by Gasteiger charge is -2.38. The molecule has 0 aliphatic carbocycles. The summed E-state index contributed by atoms with van der Waals surface area (Å²) >= 11 is 12.3. The molecule has 1 aliphatic heterocycles. The molecule has 2 aromatic rings. The maximum atomic E-state index is 13.1. The molecule has 0 saturated carbocycles. The number of likely N-dealkylation sites (tertiary alicyclic amines) is 1. The Hall–Kier alpha value is -2.59. The number of aromatic nitrogens is 4. The summed E-state index contributed by atoms with van der Waals surface area (Å²) in [5, 5.41) is 7.96.